The van der Waals surface area contributed by atoms with Gasteiger partial charge in [-0.3, -0.25) is 4.79 Å². The van der Waals surface area contributed by atoms with Crippen molar-refractivity contribution in [1.82, 2.24) is 9.88 Å². The van der Waals surface area contributed by atoms with Crippen molar-refractivity contribution in [3.63, 3.8) is 0 Å². The monoisotopic (exact) mass is 308 g/mol. The molecule has 1 aromatic heterocycles. The van der Waals surface area contributed by atoms with Gasteiger partial charge in [-0.05, 0) is 30.3 Å². The van der Waals surface area contributed by atoms with Crippen LogP contribution in [0.3, 0.4) is 0 Å². The summed E-state index contributed by atoms with van der Waals surface area (Å²) in [6.45, 7) is 0.654. The van der Waals surface area contributed by atoms with Crippen LogP contribution >= 0.6 is 11.6 Å². The van der Waals surface area contributed by atoms with Gasteiger partial charge in [-0.2, -0.15) is 4.39 Å². The van der Waals surface area contributed by atoms with E-state index in [1.807, 2.05) is 0 Å². The Morgan fingerprint density at radius 2 is 2.10 bits per heavy atom. The molecule has 2 aromatic rings. The lowest BCUT2D eigenvalue weighted by atomic mass is 10.3. The maximum absolute atomic E-state index is 13.0. The van der Waals surface area contributed by atoms with Gasteiger partial charge in [0.2, 0.25) is 5.95 Å². The fourth-order valence-electron chi connectivity index (χ4n) is 1.68. The number of rotatable bonds is 5. The van der Waals surface area contributed by atoms with Crippen LogP contribution in [0, 0.1) is 5.95 Å². The first-order chi connectivity index (χ1) is 10.1. The standard InChI is InChI=1S/C15H14ClFN2O2/c1-19(15(20)13-6-3-7-14(17)18-13)8-9-21-12-5-2-4-11(16)10-12/h2-7,10H,8-9H2,1H3. The van der Waals surface area contributed by atoms with E-state index in [4.69, 9.17) is 16.3 Å². The van der Waals surface area contributed by atoms with Crippen molar-refractivity contribution in [2.45, 2.75) is 0 Å². The highest BCUT2D eigenvalue weighted by molar-refractivity contribution is 6.30. The number of carbonyl (C=O) groups excluding carboxylic acids is 1. The first kappa shape index (κ1) is 15.3. The highest BCUT2D eigenvalue weighted by Gasteiger charge is 2.13. The molecule has 110 valence electrons. The van der Waals surface area contributed by atoms with E-state index in [0.717, 1.165) is 0 Å². The number of pyridine rings is 1. The summed E-state index contributed by atoms with van der Waals surface area (Å²) in [6.07, 6.45) is 0. The molecular formula is C15H14ClFN2O2. The average molecular weight is 309 g/mol. The predicted molar refractivity (Wildman–Crippen MR) is 78.1 cm³/mol. The summed E-state index contributed by atoms with van der Waals surface area (Å²) in [7, 11) is 1.61. The molecule has 0 saturated heterocycles. The molecule has 0 atom stereocenters. The molecule has 1 aromatic carbocycles. The smallest absolute Gasteiger partial charge is 0.272 e. The molecule has 6 heteroatoms. The Labute approximate surface area is 127 Å². The van der Waals surface area contributed by atoms with Gasteiger partial charge in [0, 0.05) is 12.1 Å². The Kier molecular flexibility index (Phi) is 5.11. The maximum atomic E-state index is 13.0. The minimum atomic E-state index is -0.676. The van der Waals surface area contributed by atoms with Crippen LogP contribution in [-0.4, -0.2) is 36.0 Å². The molecule has 2 rings (SSSR count). The molecule has 0 fully saturated rings. The van der Waals surface area contributed by atoms with Crippen LogP contribution in [0.4, 0.5) is 4.39 Å². The normalized spacial score (nSPS) is 10.2. The number of nitrogens with zero attached hydrogens (tertiary/aromatic N) is 2. The Hall–Kier alpha value is -2.14. The van der Waals surface area contributed by atoms with Crippen molar-refractivity contribution in [2.75, 3.05) is 20.2 Å². The van der Waals surface area contributed by atoms with E-state index in [1.165, 1.54) is 23.1 Å². The van der Waals surface area contributed by atoms with Crippen molar-refractivity contribution in [2.24, 2.45) is 0 Å². The Morgan fingerprint density at radius 1 is 1.33 bits per heavy atom. The van der Waals surface area contributed by atoms with E-state index < -0.39 is 5.95 Å². The minimum Gasteiger partial charge on any atom is -0.492 e. The molecule has 0 spiro atoms. The van der Waals surface area contributed by atoms with Crippen LogP contribution in [0.5, 0.6) is 5.75 Å². The Bertz CT molecular complexity index is 637. The summed E-state index contributed by atoms with van der Waals surface area (Å²) in [5.41, 5.74) is 0.0697. The largest absolute Gasteiger partial charge is 0.492 e. The molecule has 0 aliphatic carbocycles. The lowest BCUT2D eigenvalue weighted by molar-refractivity contribution is 0.0766. The van der Waals surface area contributed by atoms with Gasteiger partial charge >= 0.3 is 0 Å². The van der Waals surface area contributed by atoms with E-state index >= 15 is 0 Å². The van der Waals surface area contributed by atoms with E-state index in [2.05, 4.69) is 4.98 Å². The Balaban J connectivity index is 1.87. The summed E-state index contributed by atoms with van der Waals surface area (Å²) in [6, 6.07) is 11.1. The Morgan fingerprint density at radius 3 is 2.81 bits per heavy atom. The first-order valence-corrected chi connectivity index (χ1v) is 6.70. The molecule has 21 heavy (non-hydrogen) atoms. The number of ether oxygens (including phenoxy) is 1. The summed E-state index contributed by atoms with van der Waals surface area (Å²) >= 11 is 5.84. The SMILES string of the molecule is CN(CCOc1cccc(Cl)c1)C(=O)c1cccc(F)n1. The number of aromatic nitrogens is 1. The number of halogens is 2. The van der Waals surface area contributed by atoms with E-state index in [-0.39, 0.29) is 11.6 Å². The third-order valence-electron chi connectivity index (χ3n) is 2.77. The van der Waals surface area contributed by atoms with Gasteiger partial charge in [-0.1, -0.05) is 23.7 Å². The highest BCUT2D eigenvalue weighted by atomic mass is 35.5. The van der Waals surface area contributed by atoms with Gasteiger partial charge in [-0.15, -0.1) is 0 Å². The maximum Gasteiger partial charge on any atom is 0.272 e. The number of amides is 1. The molecule has 0 N–H and O–H groups in total. The molecule has 1 amide bonds. The van der Waals surface area contributed by atoms with Gasteiger partial charge in [0.05, 0.1) is 6.54 Å². The van der Waals surface area contributed by atoms with E-state index in [0.29, 0.717) is 23.9 Å². The van der Waals surface area contributed by atoms with Gasteiger partial charge in [0.25, 0.3) is 5.91 Å². The van der Waals surface area contributed by atoms with Crippen molar-refractivity contribution < 1.29 is 13.9 Å². The number of carbonyl (C=O) groups is 1. The fraction of sp³-hybridized carbons (Fsp3) is 0.200. The zero-order valence-electron chi connectivity index (χ0n) is 11.4. The number of hydrogen-bond donors (Lipinski definition) is 0. The van der Waals surface area contributed by atoms with Crippen LogP contribution in [-0.2, 0) is 0 Å². The lowest BCUT2D eigenvalue weighted by Crippen LogP contribution is -2.31. The van der Waals surface area contributed by atoms with Gasteiger partial charge < -0.3 is 9.64 Å². The fourth-order valence-corrected chi connectivity index (χ4v) is 1.86. The van der Waals surface area contributed by atoms with Crippen LogP contribution in [0.1, 0.15) is 10.5 Å². The number of benzene rings is 1. The molecule has 4 nitrogen and oxygen atoms in total. The van der Waals surface area contributed by atoms with Crippen molar-refractivity contribution in [3.05, 3.63) is 59.1 Å². The van der Waals surface area contributed by atoms with Crippen molar-refractivity contribution in [3.8, 4) is 5.75 Å². The lowest BCUT2D eigenvalue weighted by Gasteiger charge is -2.17. The zero-order valence-corrected chi connectivity index (χ0v) is 12.2. The molecule has 0 unspecified atom stereocenters. The summed E-state index contributed by atoms with van der Waals surface area (Å²) in [5, 5.41) is 0.584. The topological polar surface area (TPSA) is 42.4 Å². The van der Waals surface area contributed by atoms with Crippen molar-refractivity contribution in [1.29, 1.82) is 0 Å². The van der Waals surface area contributed by atoms with Gasteiger partial charge in [0.15, 0.2) is 0 Å². The number of likely N-dealkylation sites (N-methyl/N-ethyl adjacent to an activating group) is 1. The second-order valence-corrected chi connectivity index (χ2v) is 4.81. The van der Waals surface area contributed by atoms with E-state index in [1.54, 1.807) is 31.3 Å². The molecule has 0 radical (unpaired) electrons. The number of hydrogen-bond acceptors (Lipinski definition) is 3. The van der Waals surface area contributed by atoms with Crippen molar-refractivity contribution >= 4 is 17.5 Å². The quantitative estimate of drug-likeness (QED) is 0.797. The third kappa shape index (κ3) is 4.43. The molecule has 0 bridgehead atoms. The van der Waals surface area contributed by atoms with Gasteiger partial charge in [-0.25, -0.2) is 4.98 Å². The van der Waals surface area contributed by atoms with E-state index in [9.17, 15) is 9.18 Å². The molecule has 0 saturated carbocycles. The van der Waals surface area contributed by atoms with Crippen LogP contribution < -0.4 is 4.74 Å². The average Bonchev–Trinajstić information content (AvgIpc) is 2.46. The summed E-state index contributed by atoms with van der Waals surface area (Å²) in [5.74, 6) is -0.402. The molecule has 0 aliphatic heterocycles. The second-order valence-electron chi connectivity index (χ2n) is 4.38. The third-order valence-corrected chi connectivity index (χ3v) is 3.01. The highest BCUT2D eigenvalue weighted by Crippen LogP contribution is 2.16. The zero-order chi connectivity index (χ0) is 15.2. The molecule has 1 heterocycles. The van der Waals surface area contributed by atoms with Gasteiger partial charge in [0.1, 0.15) is 18.1 Å². The summed E-state index contributed by atoms with van der Waals surface area (Å²) < 4.78 is 18.5. The second kappa shape index (κ2) is 7.04. The van der Waals surface area contributed by atoms with Crippen LogP contribution in [0.15, 0.2) is 42.5 Å². The molecule has 0 aliphatic rings. The summed E-state index contributed by atoms with van der Waals surface area (Å²) in [4.78, 5) is 17.0. The first-order valence-electron chi connectivity index (χ1n) is 6.32. The van der Waals surface area contributed by atoms with Crippen LogP contribution in [0.25, 0.3) is 0 Å². The van der Waals surface area contributed by atoms with Crippen LogP contribution in [0.2, 0.25) is 5.02 Å². The predicted octanol–water partition coefficient (Wildman–Crippen LogP) is 3.03. The minimum absolute atomic E-state index is 0.0697. The molecular weight excluding hydrogens is 295 g/mol.